The van der Waals surface area contributed by atoms with E-state index in [1.807, 2.05) is 12.1 Å². The Kier molecular flexibility index (Phi) is 6.14. The van der Waals surface area contributed by atoms with Gasteiger partial charge in [0.25, 0.3) is 0 Å². The second-order valence-corrected chi connectivity index (χ2v) is 8.02. The minimum atomic E-state index is -0.424. The highest BCUT2D eigenvalue weighted by atomic mass is 35.5. The fourth-order valence-corrected chi connectivity index (χ4v) is 3.96. The number of halogens is 1. The zero-order chi connectivity index (χ0) is 21.1. The van der Waals surface area contributed by atoms with Crippen LogP contribution in [-0.2, 0) is 6.54 Å². The summed E-state index contributed by atoms with van der Waals surface area (Å²) >= 11 is 7.10. The molecule has 0 amide bonds. The van der Waals surface area contributed by atoms with Crippen LogP contribution in [-0.4, -0.2) is 27.6 Å². The van der Waals surface area contributed by atoms with E-state index >= 15 is 0 Å². The molecule has 3 aromatic rings. The van der Waals surface area contributed by atoms with Crippen LogP contribution in [0.25, 0.3) is 6.08 Å². The molecule has 9 heteroatoms. The highest BCUT2D eigenvalue weighted by Gasteiger charge is 2.22. The molecule has 29 heavy (non-hydrogen) atoms. The van der Waals surface area contributed by atoms with Crippen molar-refractivity contribution in [2.24, 2.45) is 0 Å². The molecular formula is C20H18ClN3O4S. The number of rotatable bonds is 7. The van der Waals surface area contributed by atoms with Crippen LogP contribution in [0.3, 0.4) is 0 Å². The maximum absolute atomic E-state index is 12.2. The molecule has 0 fully saturated rings. The zero-order valence-corrected chi connectivity index (χ0v) is 17.6. The SMILES string of the molecule is COc1ccc(/C=C/C(=O)c2ccc(Cl)s2)cc1Cn1nc(C)c([N+](=O)[O-])c1C. The van der Waals surface area contributed by atoms with Gasteiger partial charge in [-0.25, -0.2) is 0 Å². The monoisotopic (exact) mass is 431 g/mol. The molecule has 3 rings (SSSR count). The first-order valence-electron chi connectivity index (χ1n) is 8.63. The minimum Gasteiger partial charge on any atom is -0.496 e. The fraction of sp³-hybridized carbons (Fsp3) is 0.200. The summed E-state index contributed by atoms with van der Waals surface area (Å²) in [6.07, 6.45) is 3.20. The lowest BCUT2D eigenvalue weighted by atomic mass is 10.1. The first kappa shape index (κ1) is 20.8. The van der Waals surface area contributed by atoms with Gasteiger partial charge in [0, 0.05) is 5.56 Å². The van der Waals surface area contributed by atoms with Crippen LogP contribution in [0, 0.1) is 24.0 Å². The van der Waals surface area contributed by atoms with E-state index in [0.29, 0.717) is 32.9 Å². The maximum Gasteiger partial charge on any atom is 0.312 e. The van der Waals surface area contributed by atoms with E-state index < -0.39 is 4.92 Å². The number of ether oxygens (including phenoxy) is 1. The van der Waals surface area contributed by atoms with Crippen LogP contribution in [0.2, 0.25) is 4.34 Å². The molecule has 150 valence electrons. The summed E-state index contributed by atoms with van der Waals surface area (Å²) in [5.41, 5.74) is 2.44. The highest BCUT2D eigenvalue weighted by Crippen LogP contribution is 2.27. The summed E-state index contributed by atoms with van der Waals surface area (Å²) < 4.78 is 7.56. The van der Waals surface area contributed by atoms with Crippen LogP contribution in [0.5, 0.6) is 5.75 Å². The van der Waals surface area contributed by atoms with Crippen molar-refractivity contribution in [2.45, 2.75) is 20.4 Å². The van der Waals surface area contributed by atoms with Crippen LogP contribution >= 0.6 is 22.9 Å². The molecule has 7 nitrogen and oxygen atoms in total. The van der Waals surface area contributed by atoms with Crippen molar-refractivity contribution < 1.29 is 14.5 Å². The number of ketones is 1. The number of nitrogens with zero attached hydrogens (tertiary/aromatic N) is 3. The lowest BCUT2D eigenvalue weighted by molar-refractivity contribution is -0.386. The second kappa shape index (κ2) is 8.59. The molecule has 0 unspecified atom stereocenters. The molecule has 1 aromatic carbocycles. The largest absolute Gasteiger partial charge is 0.496 e. The first-order valence-corrected chi connectivity index (χ1v) is 9.82. The number of hydrogen-bond donors (Lipinski definition) is 0. The summed E-state index contributed by atoms with van der Waals surface area (Å²) in [4.78, 5) is 23.6. The Hall–Kier alpha value is -2.97. The van der Waals surface area contributed by atoms with Gasteiger partial charge in [-0.1, -0.05) is 23.7 Å². The van der Waals surface area contributed by atoms with E-state index in [4.69, 9.17) is 16.3 Å². The lowest BCUT2D eigenvalue weighted by Crippen LogP contribution is -2.06. The second-order valence-electron chi connectivity index (χ2n) is 6.31. The van der Waals surface area contributed by atoms with Crippen LogP contribution in [0.4, 0.5) is 5.69 Å². The van der Waals surface area contributed by atoms with Gasteiger partial charge in [0.15, 0.2) is 5.78 Å². The quantitative estimate of drug-likeness (QED) is 0.225. The van der Waals surface area contributed by atoms with Gasteiger partial charge in [-0.05, 0) is 49.8 Å². The summed E-state index contributed by atoms with van der Waals surface area (Å²) in [6, 6.07) is 8.87. The molecule has 0 saturated carbocycles. The third kappa shape index (κ3) is 4.55. The van der Waals surface area contributed by atoms with Gasteiger partial charge < -0.3 is 4.74 Å². The molecular weight excluding hydrogens is 414 g/mol. The number of methoxy groups -OCH3 is 1. The van der Waals surface area contributed by atoms with Gasteiger partial charge >= 0.3 is 5.69 Å². The number of benzene rings is 1. The predicted molar refractivity (Wildman–Crippen MR) is 113 cm³/mol. The van der Waals surface area contributed by atoms with E-state index in [1.165, 1.54) is 17.4 Å². The van der Waals surface area contributed by atoms with Gasteiger partial charge in [0.2, 0.25) is 0 Å². The van der Waals surface area contributed by atoms with E-state index in [2.05, 4.69) is 5.10 Å². The van der Waals surface area contributed by atoms with E-state index in [1.54, 1.807) is 49.9 Å². The topological polar surface area (TPSA) is 87.3 Å². The van der Waals surface area contributed by atoms with Crippen molar-refractivity contribution >= 4 is 40.5 Å². The van der Waals surface area contributed by atoms with Crippen LogP contribution < -0.4 is 4.74 Å². The van der Waals surface area contributed by atoms with Gasteiger partial charge in [-0.3, -0.25) is 19.6 Å². The Bertz CT molecular complexity index is 1120. The van der Waals surface area contributed by atoms with Crippen LogP contribution in [0.1, 0.15) is 32.2 Å². The van der Waals surface area contributed by atoms with Gasteiger partial charge in [0.1, 0.15) is 17.1 Å². The lowest BCUT2D eigenvalue weighted by Gasteiger charge is -2.10. The van der Waals surface area contributed by atoms with E-state index in [0.717, 1.165) is 11.1 Å². The van der Waals surface area contributed by atoms with Crippen molar-refractivity contribution in [2.75, 3.05) is 7.11 Å². The Labute approximate surface area is 176 Å². The fourth-order valence-electron chi connectivity index (χ4n) is 2.99. The number of aryl methyl sites for hydroxylation is 1. The molecule has 0 atom stereocenters. The number of hydrogen-bond acceptors (Lipinski definition) is 6. The summed E-state index contributed by atoms with van der Waals surface area (Å²) in [5, 5.41) is 15.5. The number of aromatic nitrogens is 2. The average Bonchev–Trinajstić information content (AvgIpc) is 3.23. The Balaban J connectivity index is 1.88. The summed E-state index contributed by atoms with van der Waals surface area (Å²) in [5.74, 6) is 0.502. The maximum atomic E-state index is 12.2. The van der Waals surface area contributed by atoms with E-state index in [9.17, 15) is 14.9 Å². The molecule has 0 radical (unpaired) electrons. The Morgan fingerprint density at radius 3 is 2.69 bits per heavy atom. The molecule has 0 aliphatic rings. The van der Waals surface area contributed by atoms with Gasteiger partial charge in [0.05, 0.1) is 27.8 Å². The number of nitro groups is 1. The molecule has 0 saturated heterocycles. The Morgan fingerprint density at radius 2 is 2.10 bits per heavy atom. The van der Waals surface area contributed by atoms with Crippen molar-refractivity contribution in [3.05, 3.63) is 78.3 Å². The first-order chi connectivity index (χ1) is 13.8. The molecule has 2 heterocycles. The molecule has 0 spiro atoms. The van der Waals surface area contributed by atoms with Crippen molar-refractivity contribution in [3.63, 3.8) is 0 Å². The number of carbonyl (C=O) groups excluding carboxylic acids is 1. The van der Waals surface area contributed by atoms with E-state index in [-0.39, 0.29) is 11.5 Å². The highest BCUT2D eigenvalue weighted by molar-refractivity contribution is 7.18. The molecule has 0 bridgehead atoms. The van der Waals surface area contributed by atoms with Gasteiger partial charge in [-0.2, -0.15) is 5.10 Å². The standard InChI is InChI=1S/C20H18ClN3O4S/c1-12-20(24(26)27)13(2)23(22-12)11-15-10-14(5-7-17(15)28-3)4-6-16(25)18-8-9-19(21)29-18/h4-10H,11H2,1-3H3/b6-4+. The minimum absolute atomic E-state index is 0.0141. The van der Waals surface area contributed by atoms with Gasteiger partial charge in [-0.15, -0.1) is 11.3 Å². The third-order valence-corrected chi connectivity index (χ3v) is 5.64. The number of allylic oxidation sites excluding steroid dienone is 1. The summed E-state index contributed by atoms with van der Waals surface area (Å²) in [7, 11) is 1.56. The molecule has 0 aliphatic heterocycles. The number of thiophene rings is 1. The van der Waals surface area contributed by atoms with Crippen molar-refractivity contribution in [1.29, 1.82) is 0 Å². The predicted octanol–water partition coefficient (Wildman–Crippen LogP) is 5.08. The zero-order valence-electron chi connectivity index (χ0n) is 16.0. The number of carbonyl (C=O) groups is 1. The average molecular weight is 432 g/mol. The van der Waals surface area contributed by atoms with Crippen LogP contribution in [0.15, 0.2) is 36.4 Å². The van der Waals surface area contributed by atoms with Crippen molar-refractivity contribution in [1.82, 2.24) is 9.78 Å². The molecule has 0 aliphatic carbocycles. The molecule has 2 aromatic heterocycles. The Morgan fingerprint density at radius 1 is 1.34 bits per heavy atom. The summed E-state index contributed by atoms with van der Waals surface area (Å²) in [6.45, 7) is 3.58. The smallest absolute Gasteiger partial charge is 0.312 e. The molecule has 0 N–H and O–H groups in total. The third-order valence-electron chi connectivity index (χ3n) is 4.39. The normalized spacial score (nSPS) is 11.2. The van der Waals surface area contributed by atoms with Crippen molar-refractivity contribution in [3.8, 4) is 5.75 Å².